The maximum absolute atomic E-state index is 12.8. The maximum atomic E-state index is 12.8. The van der Waals surface area contributed by atoms with Gasteiger partial charge in [0.1, 0.15) is 12.0 Å². The van der Waals surface area contributed by atoms with Crippen LogP contribution in [0.5, 0.6) is 5.75 Å². The van der Waals surface area contributed by atoms with E-state index in [1.165, 1.54) is 0 Å². The molecule has 0 atom stereocenters. The number of para-hydroxylation sites is 1. The fraction of sp³-hybridized carbons (Fsp3) is 0.0417. The number of hydrogen-bond donors (Lipinski definition) is 1. The zero-order chi connectivity index (χ0) is 20.9. The summed E-state index contributed by atoms with van der Waals surface area (Å²) in [5.41, 5.74) is 3.38. The molecule has 0 aliphatic carbocycles. The number of rotatable bonds is 6. The number of benzene rings is 3. The average Bonchev–Trinajstić information content (AvgIpc) is 3.23. The highest BCUT2D eigenvalue weighted by Crippen LogP contribution is 2.27. The molecule has 1 heterocycles. The van der Waals surface area contributed by atoms with Crippen molar-refractivity contribution in [1.82, 2.24) is 9.55 Å². The van der Waals surface area contributed by atoms with Crippen LogP contribution in [0.25, 0.3) is 16.9 Å². The van der Waals surface area contributed by atoms with Crippen molar-refractivity contribution in [1.29, 1.82) is 0 Å². The van der Waals surface area contributed by atoms with Gasteiger partial charge < -0.3 is 4.74 Å². The lowest BCUT2D eigenvalue weighted by molar-refractivity contribution is 0.102. The number of carbonyl (C=O) groups is 2. The lowest BCUT2D eigenvalue weighted by Crippen LogP contribution is -2.15. The molecule has 1 amide bonds. The molecule has 0 saturated carbocycles. The molecule has 1 aromatic heterocycles. The summed E-state index contributed by atoms with van der Waals surface area (Å²) in [4.78, 5) is 28.3. The Morgan fingerprint density at radius 2 is 1.77 bits per heavy atom. The summed E-state index contributed by atoms with van der Waals surface area (Å²) in [6.45, 7) is 0. The van der Waals surface area contributed by atoms with Gasteiger partial charge in [-0.05, 0) is 36.4 Å². The molecule has 0 unspecified atom stereocenters. The maximum Gasteiger partial charge on any atom is 0.257 e. The molecule has 148 valence electrons. The van der Waals surface area contributed by atoms with Gasteiger partial charge in [-0.3, -0.25) is 19.5 Å². The van der Waals surface area contributed by atoms with Gasteiger partial charge in [0, 0.05) is 28.6 Å². The van der Waals surface area contributed by atoms with Gasteiger partial charge in [0.2, 0.25) is 5.95 Å². The lowest BCUT2D eigenvalue weighted by Gasteiger charge is -2.09. The third-order valence-electron chi connectivity index (χ3n) is 4.64. The molecule has 1 N–H and O–H groups in total. The number of aromatic nitrogens is 2. The van der Waals surface area contributed by atoms with Crippen molar-refractivity contribution in [2.75, 3.05) is 12.4 Å². The molecule has 0 bridgehead atoms. The van der Waals surface area contributed by atoms with E-state index in [-0.39, 0.29) is 5.91 Å². The molecule has 0 aliphatic heterocycles. The number of anilines is 1. The second-order valence-electron chi connectivity index (χ2n) is 6.58. The predicted octanol–water partition coefficient (Wildman–Crippen LogP) is 4.61. The van der Waals surface area contributed by atoms with E-state index in [9.17, 15) is 9.59 Å². The van der Waals surface area contributed by atoms with E-state index in [4.69, 9.17) is 4.74 Å². The largest absolute Gasteiger partial charge is 0.497 e. The Kier molecular flexibility index (Phi) is 5.39. The average molecular weight is 397 g/mol. The van der Waals surface area contributed by atoms with Crippen LogP contribution in [-0.4, -0.2) is 28.9 Å². The Labute approximate surface area is 173 Å². The van der Waals surface area contributed by atoms with E-state index < -0.39 is 0 Å². The molecule has 4 aromatic rings. The van der Waals surface area contributed by atoms with Crippen LogP contribution in [-0.2, 0) is 0 Å². The first-order valence-corrected chi connectivity index (χ1v) is 9.34. The van der Waals surface area contributed by atoms with Crippen LogP contribution in [0.15, 0.2) is 85.1 Å². The summed E-state index contributed by atoms with van der Waals surface area (Å²) in [6.07, 6.45) is 2.61. The first-order valence-electron chi connectivity index (χ1n) is 9.34. The van der Waals surface area contributed by atoms with E-state index in [2.05, 4.69) is 10.3 Å². The highest BCUT2D eigenvalue weighted by atomic mass is 16.5. The summed E-state index contributed by atoms with van der Waals surface area (Å²) in [7, 11) is 1.61. The summed E-state index contributed by atoms with van der Waals surface area (Å²) in [6, 6.07) is 23.6. The Bertz CT molecular complexity index is 1180. The van der Waals surface area contributed by atoms with Gasteiger partial charge in [-0.2, -0.15) is 0 Å². The zero-order valence-electron chi connectivity index (χ0n) is 16.3. The van der Waals surface area contributed by atoms with Crippen LogP contribution in [0.1, 0.15) is 20.7 Å². The molecule has 0 aliphatic rings. The summed E-state index contributed by atoms with van der Waals surface area (Å²) < 4.78 is 7.14. The molecule has 30 heavy (non-hydrogen) atoms. The van der Waals surface area contributed by atoms with Crippen molar-refractivity contribution >= 4 is 18.1 Å². The van der Waals surface area contributed by atoms with Crippen LogP contribution in [0.4, 0.5) is 5.95 Å². The van der Waals surface area contributed by atoms with Gasteiger partial charge in [-0.25, -0.2) is 4.98 Å². The van der Waals surface area contributed by atoms with Gasteiger partial charge in [0.15, 0.2) is 0 Å². The number of nitrogens with one attached hydrogen (secondary N) is 1. The number of imidazole rings is 1. The van der Waals surface area contributed by atoms with Crippen molar-refractivity contribution in [3.63, 3.8) is 0 Å². The minimum atomic E-state index is -0.313. The standard InChI is InChI=1S/C24H19N3O3/c1-30-21-9-5-6-19(14-21)22-15-27(20-7-3-2-4-8-20)24(25-22)26-23(29)18-12-10-17(16-28)11-13-18/h2-16H,1H3,(H,25,26,29). The molecule has 0 fully saturated rings. The van der Waals surface area contributed by atoms with Gasteiger partial charge >= 0.3 is 0 Å². The number of carbonyl (C=O) groups excluding carboxylic acids is 2. The van der Waals surface area contributed by atoms with Crippen LogP contribution in [0.3, 0.4) is 0 Å². The minimum absolute atomic E-state index is 0.313. The smallest absolute Gasteiger partial charge is 0.257 e. The van der Waals surface area contributed by atoms with Crippen LogP contribution in [0, 0.1) is 0 Å². The molecule has 0 saturated heterocycles. The van der Waals surface area contributed by atoms with Crippen molar-refractivity contribution in [3.8, 4) is 22.7 Å². The van der Waals surface area contributed by atoms with Crippen molar-refractivity contribution < 1.29 is 14.3 Å². The summed E-state index contributed by atoms with van der Waals surface area (Å²) >= 11 is 0. The minimum Gasteiger partial charge on any atom is -0.497 e. The monoisotopic (exact) mass is 397 g/mol. The number of amides is 1. The van der Waals surface area contributed by atoms with E-state index in [1.54, 1.807) is 31.4 Å². The Hall–Kier alpha value is -4.19. The zero-order valence-corrected chi connectivity index (χ0v) is 16.3. The van der Waals surface area contributed by atoms with Gasteiger partial charge in [0.25, 0.3) is 5.91 Å². The van der Waals surface area contributed by atoms with Crippen LogP contribution >= 0.6 is 0 Å². The molecule has 0 spiro atoms. The second kappa shape index (κ2) is 8.45. The fourth-order valence-electron chi connectivity index (χ4n) is 3.06. The first kappa shape index (κ1) is 19.1. The first-order chi connectivity index (χ1) is 14.7. The van der Waals surface area contributed by atoms with Gasteiger partial charge in [0.05, 0.1) is 12.8 Å². The molecule has 6 heteroatoms. The Balaban J connectivity index is 1.72. The third kappa shape index (κ3) is 3.98. The van der Waals surface area contributed by atoms with E-state index >= 15 is 0 Å². The van der Waals surface area contributed by atoms with Crippen molar-refractivity contribution in [2.45, 2.75) is 0 Å². The summed E-state index contributed by atoms with van der Waals surface area (Å²) in [5.74, 6) is 0.804. The quantitative estimate of drug-likeness (QED) is 0.482. The fourth-order valence-corrected chi connectivity index (χ4v) is 3.06. The van der Waals surface area contributed by atoms with Gasteiger partial charge in [-0.15, -0.1) is 0 Å². The lowest BCUT2D eigenvalue weighted by atomic mass is 10.1. The number of aldehydes is 1. The molecular formula is C24H19N3O3. The Morgan fingerprint density at radius 1 is 1.00 bits per heavy atom. The van der Waals surface area contributed by atoms with E-state index in [0.29, 0.717) is 22.8 Å². The highest BCUT2D eigenvalue weighted by Gasteiger charge is 2.15. The van der Waals surface area contributed by atoms with Gasteiger partial charge in [-0.1, -0.05) is 42.5 Å². The van der Waals surface area contributed by atoms with E-state index in [1.807, 2.05) is 65.4 Å². The van der Waals surface area contributed by atoms with Crippen LogP contribution in [0.2, 0.25) is 0 Å². The molecule has 6 nitrogen and oxygen atoms in total. The second-order valence-corrected chi connectivity index (χ2v) is 6.58. The number of nitrogens with zero attached hydrogens (tertiary/aromatic N) is 2. The number of methoxy groups -OCH3 is 1. The third-order valence-corrected chi connectivity index (χ3v) is 4.64. The Morgan fingerprint density at radius 3 is 2.47 bits per heavy atom. The van der Waals surface area contributed by atoms with E-state index in [0.717, 1.165) is 23.3 Å². The highest BCUT2D eigenvalue weighted by molar-refractivity contribution is 6.04. The predicted molar refractivity (Wildman–Crippen MR) is 115 cm³/mol. The van der Waals surface area contributed by atoms with Crippen molar-refractivity contribution in [3.05, 3.63) is 96.2 Å². The molecule has 0 radical (unpaired) electrons. The van der Waals surface area contributed by atoms with Crippen molar-refractivity contribution in [2.24, 2.45) is 0 Å². The molecular weight excluding hydrogens is 378 g/mol. The normalized spacial score (nSPS) is 10.4. The number of hydrogen-bond acceptors (Lipinski definition) is 4. The SMILES string of the molecule is COc1cccc(-c2cn(-c3ccccc3)c(NC(=O)c3ccc(C=O)cc3)n2)c1. The molecule has 4 rings (SSSR count). The number of ether oxygens (including phenoxy) is 1. The molecule has 3 aromatic carbocycles. The topological polar surface area (TPSA) is 73.2 Å². The van der Waals surface area contributed by atoms with Crippen LogP contribution < -0.4 is 10.1 Å². The summed E-state index contributed by atoms with van der Waals surface area (Å²) in [5, 5.41) is 2.87.